The second-order valence-electron chi connectivity index (χ2n) is 13.8. The van der Waals surface area contributed by atoms with E-state index in [1.54, 1.807) is 0 Å². The molecular formula is C41H37BrClFN6O2. The molecule has 0 aliphatic carbocycles. The molecule has 11 heteroatoms. The first kappa shape index (κ1) is 33.2. The molecule has 1 N–H and O–H groups in total. The van der Waals surface area contributed by atoms with Crippen LogP contribution >= 0.6 is 27.5 Å². The second kappa shape index (κ2) is 13.4. The van der Waals surface area contributed by atoms with Crippen molar-refractivity contribution in [1.82, 2.24) is 19.6 Å². The molecule has 8 nitrogen and oxygen atoms in total. The third-order valence-electron chi connectivity index (χ3n) is 10.8. The summed E-state index contributed by atoms with van der Waals surface area (Å²) < 4.78 is 30.5. The zero-order valence-electron chi connectivity index (χ0n) is 28.4. The highest BCUT2D eigenvalue weighted by Gasteiger charge is 2.49. The van der Waals surface area contributed by atoms with Gasteiger partial charge in [0, 0.05) is 23.6 Å². The van der Waals surface area contributed by atoms with Gasteiger partial charge in [-0.05, 0) is 64.1 Å². The number of ether oxygens (including phenoxy) is 2. The number of nitrogens with zero attached hydrogens (tertiary/aromatic N) is 5. The highest BCUT2D eigenvalue weighted by Crippen LogP contribution is 2.45. The predicted molar refractivity (Wildman–Crippen MR) is 204 cm³/mol. The Morgan fingerprint density at radius 1 is 0.981 bits per heavy atom. The Balaban J connectivity index is 1.13. The highest BCUT2D eigenvalue weighted by molar-refractivity contribution is 9.10. The van der Waals surface area contributed by atoms with Crippen molar-refractivity contribution in [3.63, 3.8) is 0 Å². The maximum atomic E-state index is 14.7. The van der Waals surface area contributed by atoms with Crippen LogP contribution in [0.2, 0.25) is 5.02 Å². The van der Waals surface area contributed by atoms with E-state index < -0.39 is 11.7 Å². The Hall–Kier alpha value is -4.64. The van der Waals surface area contributed by atoms with Crippen LogP contribution < -0.4 is 10.1 Å². The summed E-state index contributed by atoms with van der Waals surface area (Å²) in [5.74, 6) is 1.56. The third-order valence-corrected chi connectivity index (χ3v) is 12.0. The zero-order chi connectivity index (χ0) is 35.3. The lowest BCUT2D eigenvalue weighted by Gasteiger charge is -2.36. The molecule has 2 atom stereocenters. The number of anilines is 1. The first-order chi connectivity index (χ1) is 25.4. The molecule has 4 aromatic carbocycles. The molecule has 0 saturated carbocycles. The average Bonchev–Trinajstić information content (AvgIpc) is 3.85. The van der Waals surface area contributed by atoms with E-state index >= 15 is 0 Å². The van der Waals surface area contributed by atoms with Gasteiger partial charge in [-0.25, -0.2) is 9.38 Å². The molecule has 52 heavy (non-hydrogen) atoms. The van der Waals surface area contributed by atoms with Crippen molar-refractivity contribution in [2.45, 2.75) is 43.1 Å². The first-order valence-electron chi connectivity index (χ1n) is 17.7. The molecule has 0 amide bonds. The number of rotatable bonds is 9. The SMILES string of the molecule is F[C@H]1CN2CCC[C@@]2(COC2=CN(Cc3ccn(C(c4ccccc4)(c4ccccc4)c4ccccc4)n3)C3=NCNc4c(Cl)c(Br)cc(c43)O2)C1. The van der Waals surface area contributed by atoms with E-state index in [0.29, 0.717) is 59.8 Å². The van der Waals surface area contributed by atoms with Gasteiger partial charge in [0.2, 0.25) is 0 Å². The molecule has 2 saturated heterocycles. The molecule has 4 aliphatic rings. The van der Waals surface area contributed by atoms with Crippen molar-refractivity contribution < 1.29 is 13.9 Å². The number of amidine groups is 1. The fraction of sp³-hybridized carbons (Fsp3) is 0.268. The number of aliphatic imine (C=N–C) groups is 1. The lowest BCUT2D eigenvalue weighted by atomic mass is 9.77. The molecule has 0 radical (unpaired) electrons. The summed E-state index contributed by atoms with van der Waals surface area (Å²) in [5.41, 5.74) is 4.47. The van der Waals surface area contributed by atoms with Gasteiger partial charge in [0.25, 0.3) is 0 Å². The molecule has 0 bridgehead atoms. The molecule has 1 aromatic heterocycles. The average molecular weight is 780 g/mol. The molecule has 9 rings (SSSR count). The molecule has 2 fully saturated rings. The van der Waals surface area contributed by atoms with Gasteiger partial charge in [-0.3, -0.25) is 9.58 Å². The molecule has 0 unspecified atom stereocenters. The van der Waals surface area contributed by atoms with Crippen LogP contribution in [0.4, 0.5) is 10.1 Å². The number of halogens is 3. The Bertz CT molecular complexity index is 2070. The van der Waals surface area contributed by atoms with Gasteiger partial charge in [-0.15, -0.1) is 0 Å². The zero-order valence-corrected chi connectivity index (χ0v) is 30.7. The maximum Gasteiger partial charge on any atom is 0.301 e. The largest absolute Gasteiger partial charge is 0.462 e. The Kier molecular flexibility index (Phi) is 8.56. The van der Waals surface area contributed by atoms with Crippen LogP contribution in [0.5, 0.6) is 5.75 Å². The van der Waals surface area contributed by atoms with Crippen LogP contribution in [0.15, 0.2) is 131 Å². The topological polar surface area (TPSA) is 67.2 Å². The fourth-order valence-corrected chi connectivity index (χ4v) is 9.11. The number of aromatic nitrogens is 2. The standard InChI is InChI=1S/C41H37BrClFN6O2/c42-33-21-34-36-38(37(33)43)45-27-46-39(36)48(25-35(52-34)51-26-40-18-10-19-49(40)23-31(44)22-40)24-32-17-20-50(47-32)41(28-11-4-1-5-12-28,29-13-6-2-7-14-29)30-15-8-3-9-16-30/h1-9,11-17,20-21,25,31,45H,10,18-19,22-24,26-27H2/t31-,40+/m1/s1. The summed E-state index contributed by atoms with van der Waals surface area (Å²) in [5, 5.41) is 9.21. The van der Waals surface area contributed by atoms with Gasteiger partial charge in [0.15, 0.2) is 0 Å². The quantitative estimate of drug-likeness (QED) is 0.151. The van der Waals surface area contributed by atoms with E-state index in [1.165, 1.54) is 0 Å². The number of hydrogen-bond acceptors (Lipinski definition) is 7. The van der Waals surface area contributed by atoms with Crippen molar-refractivity contribution >= 4 is 39.1 Å². The Labute approximate surface area is 315 Å². The lowest BCUT2D eigenvalue weighted by molar-refractivity contribution is 0.0270. The van der Waals surface area contributed by atoms with E-state index in [4.69, 9.17) is 31.2 Å². The summed E-state index contributed by atoms with van der Waals surface area (Å²) in [4.78, 5) is 9.19. The second-order valence-corrected chi connectivity index (χ2v) is 15.1. The fourth-order valence-electron chi connectivity index (χ4n) is 8.49. The van der Waals surface area contributed by atoms with E-state index in [1.807, 2.05) is 35.4 Å². The predicted octanol–water partition coefficient (Wildman–Crippen LogP) is 8.56. The number of alkyl halides is 1. The van der Waals surface area contributed by atoms with Gasteiger partial charge in [-0.2, -0.15) is 5.10 Å². The number of benzene rings is 4. The minimum atomic E-state index is -0.852. The van der Waals surface area contributed by atoms with Gasteiger partial charge in [-0.1, -0.05) is 103 Å². The van der Waals surface area contributed by atoms with Crippen molar-refractivity contribution in [3.8, 4) is 5.75 Å². The lowest BCUT2D eigenvalue weighted by Crippen LogP contribution is -2.42. The van der Waals surface area contributed by atoms with Gasteiger partial charge >= 0.3 is 5.95 Å². The first-order valence-corrected chi connectivity index (χ1v) is 18.8. The number of hydrogen-bond donors (Lipinski definition) is 1. The number of nitrogens with one attached hydrogen (secondary N) is 1. The summed E-state index contributed by atoms with van der Waals surface area (Å²) in [6.07, 6.45) is 5.44. The normalized spacial score (nSPS) is 21.0. The van der Waals surface area contributed by atoms with E-state index in [0.717, 1.165) is 53.0 Å². The smallest absolute Gasteiger partial charge is 0.301 e. The van der Waals surface area contributed by atoms with E-state index in [2.05, 4.69) is 116 Å². The number of fused-ring (bicyclic) bond motifs is 1. The van der Waals surface area contributed by atoms with Crippen LogP contribution in [0.3, 0.4) is 0 Å². The minimum absolute atomic E-state index is 0.309. The van der Waals surface area contributed by atoms with Gasteiger partial charge in [0.1, 0.15) is 36.6 Å². The summed E-state index contributed by atoms with van der Waals surface area (Å²) in [6, 6.07) is 35.4. The Morgan fingerprint density at radius 3 is 2.33 bits per heavy atom. The van der Waals surface area contributed by atoms with Gasteiger partial charge < -0.3 is 19.7 Å². The van der Waals surface area contributed by atoms with Crippen LogP contribution in [-0.2, 0) is 16.8 Å². The Morgan fingerprint density at radius 2 is 1.65 bits per heavy atom. The molecule has 5 aromatic rings. The molecule has 0 spiro atoms. The van der Waals surface area contributed by atoms with Crippen LogP contribution in [0, 0.1) is 0 Å². The summed E-state index contributed by atoms with van der Waals surface area (Å²) in [7, 11) is 0. The van der Waals surface area contributed by atoms with Crippen molar-refractivity contribution in [2.75, 3.05) is 31.7 Å². The van der Waals surface area contributed by atoms with Crippen molar-refractivity contribution in [1.29, 1.82) is 0 Å². The van der Waals surface area contributed by atoms with Crippen molar-refractivity contribution in [2.24, 2.45) is 4.99 Å². The molecule has 5 heterocycles. The summed E-state index contributed by atoms with van der Waals surface area (Å²) >= 11 is 10.4. The monoisotopic (exact) mass is 778 g/mol. The van der Waals surface area contributed by atoms with Crippen LogP contribution in [-0.4, -0.2) is 63.5 Å². The maximum absolute atomic E-state index is 14.7. The van der Waals surface area contributed by atoms with Crippen molar-refractivity contribution in [3.05, 3.63) is 159 Å². The molecule has 4 aliphatic heterocycles. The highest BCUT2D eigenvalue weighted by atomic mass is 79.9. The molecular weight excluding hydrogens is 743 g/mol. The van der Waals surface area contributed by atoms with E-state index in [-0.39, 0.29) is 5.54 Å². The van der Waals surface area contributed by atoms with Crippen LogP contribution in [0.25, 0.3) is 0 Å². The van der Waals surface area contributed by atoms with E-state index in [9.17, 15) is 4.39 Å². The molecule has 264 valence electrons. The van der Waals surface area contributed by atoms with Crippen LogP contribution in [0.1, 0.15) is 47.2 Å². The summed E-state index contributed by atoms with van der Waals surface area (Å²) in [6.45, 7) is 2.37. The van der Waals surface area contributed by atoms with Gasteiger partial charge in [0.05, 0.1) is 40.3 Å². The minimum Gasteiger partial charge on any atom is -0.462 e. The third kappa shape index (κ3) is 5.59.